The Morgan fingerprint density at radius 1 is 1.19 bits per heavy atom. The summed E-state index contributed by atoms with van der Waals surface area (Å²) >= 11 is 0. The Labute approximate surface area is 94.5 Å². The third-order valence-corrected chi connectivity index (χ3v) is 2.85. The number of rotatable bonds is 2. The molecule has 0 heterocycles. The van der Waals surface area contributed by atoms with Crippen molar-refractivity contribution in [1.82, 2.24) is 0 Å². The van der Waals surface area contributed by atoms with E-state index in [4.69, 9.17) is 0 Å². The summed E-state index contributed by atoms with van der Waals surface area (Å²) in [6.45, 7) is 3.78. The first-order chi connectivity index (χ1) is 7.54. The fourth-order valence-corrected chi connectivity index (χ4v) is 1.90. The number of carbonyl (C=O) groups excluding carboxylic acids is 1. The molecule has 2 nitrogen and oxygen atoms in total. The average Bonchev–Trinajstić information content (AvgIpc) is 2.27. The molecule has 0 spiro atoms. The van der Waals surface area contributed by atoms with Gasteiger partial charge in [-0.05, 0) is 42.3 Å². The van der Waals surface area contributed by atoms with Gasteiger partial charge in [0.15, 0.2) is 0 Å². The van der Waals surface area contributed by atoms with Crippen molar-refractivity contribution in [2.45, 2.75) is 19.3 Å². The lowest BCUT2D eigenvalue weighted by Gasteiger charge is -2.19. The van der Waals surface area contributed by atoms with Crippen molar-refractivity contribution in [3.05, 3.63) is 42.0 Å². The minimum Gasteiger partial charge on any atom is -0.508 e. The first kappa shape index (κ1) is 10.7. The second-order valence-corrected chi connectivity index (χ2v) is 4.55. The zero-order valence-corrected chi connectivity index (χ0v) is 9.40. The summed E-state index contributed by atoms with van der Waals surface area (Å²) in [5, 5.41) is 11.4. The zero-order chi connectivity index (χ0) is 11.8. The number of benzene rings is 2. The van der Waals surface area contributed by atoms with Gasteiger partial charge < -0.3 is 9.90 Å². The number of phenolic OH excluding ortho intramolecular Hbond substituents is 1. The summed E-state index contributed by atoms with van der Waals surface area (Å²) < 4.78 is 0. The summed E-state index contributed by atoms with van der Waals surface area (Å²) in [6.07, 6.45) is 0.953. The van der Waals surface area contributed by atoms with Crippen LogP contribution in [-0.2, 0) is 10.2 Å². The lowest BCUT2D eigenvalue weighted by atomic mass is 9.83. The standard InChI is InChI=1S/C14H14O2/c1-14(2,9-15)13-5-3-4-10-8-11(16)6-7-12(10)13/h3-9,16H,1-2H3. The van der Waals surface area contributed by atoms with E-state index in [1.54, 1.807) is 12.1 Å². The fraction of sp³-hybridized carbons (Fsp3) is 0.214. The summed E-state index contributed by atoms with van der Waals surface area (Å²) in [4.78, 5) is 11.1. The summed E-state index contributed by atoms with van der Waals surface area (Å²) in [5.74, 6) is 0.244. The number of aldehydes is 1. The molecular formula is C14H14O2. The van der Waals surface area contributed by atoms with Gasteiger partial charge in [-0.25, -0.2) is 0 Å². The highest BCUT2D eigenvalue weighted by Crippen LogP contribution is 2.30. The Morgan fingerprint density at radius 2 is 1.94 bits per heavy atom. The fourth-order valence-electron chi connectivity index (χ4n) is 1.90. The zero-order valence-electron chi connectivity index (χ0n) is 9.40. The van der Waals surface area contributed by atoms with Crippen LogP contribution in [0.4, 0.5) is 0 Å². The molecule has 0 amide bonds. The van der Waals surface area contributed by atoms with Crippen LogP contribution in [0.5, 0.6) is 5.75 Å². The molecule has 82 valence electrons. The van der Waals surface area contributed by atoms with Crippen molar-refractivity contribution in [2.24, 2.45) is 0 Å². The van der Waals surface area contributed by atoms with E-state index in [1.165, 1.54) is 0 Å². The van der Waals surface area contributed by atoms with E-state index >= 15 is 0 Å². The smallest absolute Gasteiger partial charge is 0.129 e. The number of hydrogen-bond donors (Lipinski definition) is 1. The van der Waals surface area contributed by atoms with Crippen molar-refractivity contribution >= 4 is 17.1 Å². The topological polar surface area (TPSA) is 37.3 Å². The van der Waals surface area contributed by atoms with E-state index < -0.39 is 5.41 Å². The maximum atomic E-state index is 11.1. The first-order valence-corrected chi connectivity index (χ1v) is 5.23. The maximum Gasteiger partial charge on any atom is 0.129 e. The molecule has 0 bridgehead atoms. The van der Waals surface area contributed by atoms with Crippen LogP contribution in [0, 0.1) is 0 Å². The van der Waals surface area contributed by atoms with Gasteiger partial charge in [0.1, 0.15) is 12.0 Å². The summed E-state index contributed by atoms with van der Waals surface area (Å²) in [7, 11) is 0. The lowest BCUT2D eigenvalue weighted by Crippen LogP contribution is -2.18. The molecule has 0 fully saturated rings. The maximum absolute atomic E-state index is 11.1. The van der Waals surface area contributed by atoms with Crippen LogP contribution in [0.3, 0.4) is 0 Å². The molecule has 2 aromatic rings. The van der Waals surface area contributed by atoms with Crippen LogP contribution >= 0.6 is 0 Å². The van der Waals surface area contributed by atoms with Crippen LogP contribution in [0.2, 0.25) is 0 Å². The van der Waals surface area contributed by atoms with E-state index in [0.717, 1.165) is 22.6 Å². The molecule has 0 aliphatic rings. The molecule has 0 atom stereocenters. The number of aromatic hydroxyl groups is 1. The molecule has 2 rings (SSSR count). The van der Waals surface area contributed by atoms with E-state index in [1.807, 2.05) is 38.1 Å². The number of hydrogen-bond acceptors (Lipinski definition) is 2. The van der Waals surface area contributed by atoms with Gasteiger partial charge in [0.25, 0.3) is 0 Å². The van der Waals surface area contributed by atoms with Crippen molar-refractivity contribution in [1.29, 1.82) is 0 Å². The van der Waals surface area contributed by atoms with E-state index in [2.05, 4.69) is 0 Å². The number of fused-ring (bicyclic) bond motifs is 1. The van der Waals surface area contributed by atoms with E-state index in [9.17, 15) is 9.90 Å². The van der Waals surface area contributed by atoms with Gasteiger partial charge in [-0.1, -0.05) is 24.3 Å². The molecule has 2 heteroatoms. The molecule has 16 heavy (non-hydrogen) atoms. The van der Waals surface area contributed by atoms with E-state index in [-0.39, 0.29) is 5.75 Å². The highest BCUT2D eigenvalue weighted by molar-refractivity contribution is 5.90. The van der Waals surface area contributed by atoms with Crippen LogP contribution in [0.15, 0.2) is 36.4 Å². The van der Waals surface area contributed by atoms with Crippen LogP contribution in [0.25, 0.3) is 10.8 Å². The molecule has 0 saturated carbocycles. The normalized spacial score (nSPS) is 11.6. The molecule has 0 radical (unpaired) electrons. The minimum absolute atomic E-state index is 0.244. The number of phenols is 1. The average molecular weight is 214 g/mol. The van der Waals surface area contributed by atoms with Gasteiger partial charge in [-0.3, -0.25) is 0 Å². The van der Waals surface area contributed by atoms with Crippen molar-refractivity contribution in [3.8, 4) is 5.75 Å². The van der Waals surface area contributed by atoms with Gasteiger partial charge in [0, 0.05) is 5.41 Å². The third kappa shape index (κ3) is 1.67. The quantitative estimate of drug-likeness (QED) is 0.780. The predicted octanol–water partition coefficient (Wildman–Crippen LogP) is 3.02. The summed E-state index contributed by atoms with van der Waals surface area (Å²) in [6, 6.07) is 11.0. The molecule has 0 aromatic heterocycles. The van der Waals surface area contributed by atoms with Gasteiger partial charge in [-0.2, -0.15) is 0 Å². The third-order valence-electron chi connectivity index (χ3n) is 2.85. The van der Waals surface area contributed by atoms with Crippen molar-refractivity contribution < 1.29 is 9.90 Å². The van der Waals surface area contributed by atoms with Gasteiger partial charge in [0.2, 0.25) is 0 Å². The van der Waals surface area contributed by atoms with Crippen molar-refractivity contribution in [2.75, 3.05) is 0 Å². The molecule has 2 aromatic carbocycles. The van der Waals surface area contributed by atoms with E-state index in [0.29, 0.717) is 0 Å². The second kappa shape index (κ2) is 3.63. The van der Waals surface area contributed by atoms with Crippen LogP contribution < -0.4 is 0 Å². The SMILES string of the molecule is CC(C)(C=O)c1cccc2cc(O)ccc12. The largest absolute Gasteiger partial charge is 0.508 e. The minimum atomic E-state index is -0.503. The predicted molar refractivity (Wildman–Crippen MR) is 64.7 cm³/mol. The monoisotopic (exact) mass is 214 g/mol. The van der Waals surface area contributed by atoms with Gasteiger partial charge >= 0.3 is 0 Å². The Bertz CT molecular complexity index is 541. The van der Waals surface area contributed by atoms with Crippen LogP contribution in [0.1, 0.15) is 19.4 Å². The van der Waals surface area contributed by atoms with Crippen molar-refractivity contribution in [3.63, 3.8) is 0 Å². The highest BCUT2D eigenvalue weighted by atomic mass is 16.3. The Morgan fingerprint density at radius 3 is 2.62 bits per heavy atom. The lowest BCUT2D eigenvalue weighted by molar-refractivity contribution is -0.111. The summed E-state index contributed by atoms with van der Waals surface area (Å²) in [5.41, 5.74) is 0.483. The number of carbonyl (C=O) groups is 1. The van der Waals surface area contributed by atoms with Gasteiger partial charge in [0.05, 0.1) is 0 Å². The second-order valence-electron chi connectivity index (χ2n) is 4.55. The molecule has 0 aliphatic heterocycles. The molecular weight excluding hydrogens is 200 g/mol. The Hall–Kier alpha value is -1.83. The Kier molecular flexibility index (Phi) is 2.43. The first-order valence-electron chi connectivity index (χ1n) is 5.23. The molecule has 0 unspecified atom stereocenters. The molecule has 0 saturated heterocycles. The highest BCUT2D eigenvalue weighted by Gasteiger charge is 2.21. The van der Waals surface area contributed by atoms with Crippen LogP contribution in [-0.4, -0.2) is 11.4 Å². The van der Waals surface area contributed by atoms with Gasteiger partial charge in [-0.15, -0.1) is 0 Å². The Balaban J connectivity index is 2.76. The molecule has 0 aliphatic carbocycles. The molecule has 1 N–H and O–H groups in total.